The van der Waals surface area contributed by atoms with Crippen LogP contribution in [0.15, 0.2) is 0 Å². The van der Waals surface area contributed by atoms with E-state index in [0.29, 0.717) is 13.2 Å². The highest BCUT2D eigenvalue weighted by Gasteiger charge is 2.08. The second-order valence-corrected chi connectivity index (χ2v) is 3.69. The molecule has 0 aliphatic rings. The van der Waals surface area contributed by atoms with E-state index in [0.717, 1.165) is 0 Å². The minimum atomic E-state index is -0.382. The number of hydrogen-bond acceptors (Lipinski definition) is 4. The number of carbonyl (C=O) groups is 3. The van der Waals surface area contributed by atoms with Gasteiger partial charge in [0.25, 0.3) is 0 Å². The van der Waals surface area contributed by atoms with Gasteiger partial charge in [-0.25, -0.2) is 0 Å². The molecule has 0 saturated heterocycles. The third-order valence-electron chi connectivity index (χ3n) is 2.02. The zero-order valence-corrected chi connectivity index (χ0v) is 10.6. The molecular weight excluding hydrogens is 224 g/mol. The number of esters is 1. The molecule has 1 N–H and O–H groups in total. The van der Waals surface area contributed by atoms with Crippen molar-refractivity contribution in [2.24, 2.45) is 0 Å². The topological polar surface area (TPSA) is 75.7 Å². The van der Waals surface area contributed by atoms with Crippen LogP contribution in [-0.4, -0.2) is 49.9 Å². The lowest BCUT2D eigenvalue weighted by atomic mass is 10.3. The Bertz CT molecular complexity index is 277. The summed E-state index contributed by atoms with van der Waals surface area (Å²) in [6, 6.07) is 0. The number of ether oxygens (including phenoxy) is 1. The first-order chi connectivity index (χ1) is 7.97. The average molecular weight is 244 g/mol. The number of hydrogen-bond donors (Lipinski definition) is 1. The standard InChI is InChI=1S/C11H20N2O4/c1-4-17-11(16)6-5-9(14)12-8-7-10(15)13(2)3/h4-8H2,1-3H3,(H,12,14). The van der Waals surface area contributed by atoms with E-state index in [9.17, 15) is 14.4 Å². The van der Waals surface area contributed by atoms with Crippen LogP contribution in [0.5, 0.6) is 0 Å². The summed E-state index contributed by atoms with van der Waals surface area (Å²) in [6.07, 6.45) is 0.425. The van der Waals surface area contributed by atoms with Crippen molar-refractivity contribution in [2.45, 2.75) is 26.2 Å². The highest BCUT2D eigenvalue weighted by Crippen LogP contribution is 1.93. The zero-order chi connectivity index (χ0) is 13.3. The lowest BCUT2D eigenvalue weighted by Crippen LogP contribution is -2.30. The van der Waals surface area contributed by atoms with E-state index in [-0.39, 0.29) is 37.0 Å². The summed E-state index contributed by atoms with van der Waals surface area (Å²) < 4.78 is 4.69. The highest BCUT2D eigenvalue weighted by molar-refractivity contribution is 5.82. The molecule has 0 aliphatic heterocycles. The van der Waals surface area contributed by atoms with Crippen LogP contribution in [-0.2, 0) is 19.1 Å². The molecule has 0 saturated carbocycles. The van der Waals surface area contributed by atoms with Gasteiger partial charge in [0.15, 0.2) is 0 Å². The molecule has 0 unspecified atom stereocenters. The van der Waals surface area contributed by atoms with Crippen molar-refractivity contribution >= 4 is 17.8 Å². The number of rotatable bonds is 7. The van der Waals surface area contributed by atoms with Gasteiger partial charge in [0.1, 0.15) is 0 Å². The van der Waals surface area contributed by atoms with Gasteiger partial charge in [0.2, 0.25) is 11.8 Å². The Morgan fingerprint density at radius 3 is 2.29 bits per heavy atom. The minimum absolute atomic E-state index is 0.0457. The molecule has 0 bridgehead atoms. The maximum atomic E-state index is 11.3. The van der Waals surface area contributed by atoms with Crippen LogP contribution in [0, 0.1) is 0 Å². The van der Waals surface area contributed by atoms with Gasteiger partial charge in [-0.15, -0.1) is 0 Å². The van der Waals surface area contributed by atoms with Gasteiger partial charge in [0.05, 0.1) is 13.0 Å². The molecule has 0 aromatic rings. The Hall–Kier alpha value is -1.59. The predicted octanol–water partition coefficient (Wildman–Crippen LogP) is -0.0758. The summed E-state index contributed by atoms with van der Waals surface area (Å²) in [5, 5.41) is 2.57. The monoisotopic (exact) mass is 244 g/mol. The highest BCUT2D eigenvalue weighted by atomic mass is 16.5. The lowest BCUT2D eigenvalue weighted by Gasteiger charge is -2.10. The second-order valence-electron chi connectivity index (χ2n) is 3.69. The van der Waals surface area contributed by atoms with E-state index in [1.807, 2.05) is 0 Å². The van der Waals surface area contributed by atoms with Crippen LogP contribution in [0.4, 0.5) is 0 Å². The third-order valence-corrected chi connectivity index (χ3v) is 2.02. The van der Waals surface area contributed by atoms with Crippen molar-refractivity contribution in [1.29, 1.82) is 0 Å². The smallest absolute Gasteiger partial charge is 0.306 e. The van der Waals surface area contributed by atoms with Crippen molar-refractivity contribution in [1.82, 2.24) is 10.2 Å². The Morgan fingerprint density at radius 1 is 1.12 bits per heavy atom. The van der Waals surface area contributed by atoms with E-state index in [4.69, 9.17) is 0 Å². The minimum Gasteiger partial charge on any atom is -0.466 e. The molecule has 0 atom stereocenters. The van der Waals surface area contributed by atoms with Crippen LogP contribution < -0.4 is 5.32 Å². The van der Waals surface area contributed by atoms with Crippen LogP contribution in [0.3, 0.4) is 0 Å². The molecule has 98 valence electrons. The van der Waals surface area contributed by atoms with Crippen molar-refractivity contribution in [3.63, 3.8) is 0 Å². The van der Waals surface area contributed by atoms with Gasteiger partial charge < -0.3 is 15.0 Å². The molecule has 2 amide bonds. The van der Waals surface area contributed by atoms with Crippen molar-refractivity contribution in [3.05, 3.63) is 0 Å². The summed E-state index contributed by atoms with van der Waals surface area (Å²) in [7, 11) is 3.32. The van der Waals surface area contributed by atoms with Gasteiger partial charge in [-0.05, 0) is 6.92 Å². The molecule has 6 heteroatoms. The summed E-state index contributed by atoms with van der Waals surface area (Å²) in [6.45, 7) is 2.32. The number of nitrogens with one attached hydrogen (secondary N) is 1. The summed E-state index contributed by atoms with van der Waals surface area (Å²) >= 11 is 0. The zero-order valence-electron chi connectivity index (χ0n) is 10.6. The van der Waals surface area contributed by atoms with E-state index >= 15 is 0 Å². The Balaban J connectivity index is 3.60. The molecule has 0 spiro atoms. The average Bonchev–Trinajstić information content (AvgIpc) is 2.26. The third kappa shape index (κ3) is 8.24. The van der Waals surface area contributed by atoms with Crippen LogP contribution >= 0.6 is 0 Å². The fourth-order valence-corrected chi connectivity index (χ4v) is 1.07. The summed E-state index contributed by atoms with van der Waals surface area (Å²) in [5.74, 6) is -0.674. The largest absolute Gasteiger partial charge is 0.466 e. The first kappa shape index (κ1) is 15.4. The molecule has 0 aliphatic carbocycles. The van der Waals surface area contributed by atoms with Crippen LogP contribution in [0.25, 0.3) is 0 Å². The summed E-state index contributed by atoms with van der Waals surface area (Å²) in [4.78, 5) is 34.9. The van der Waals surface area contributed by atoms with Crippen LogP contribution in [0.2, 0.25) is 0 Å². The van der Waals surface area contributed by atoms with E-state index in [1.165, 1.54) is 4.90 Å². The molecule has 0 aromatic carbocycles. The van der Waals surface area contributed by atoms with Crippen molar-refractivity contribution in [2.75, 3.05) is 27.2 Å². The van der Waals surface area contributed by atoms with Crippen molar-refractivity contribution < 1.29 is 19.1 Å². The maximum Gasteiger partial charge on any atom is 0.306 e. The molecule has 0 aromatic heterocycles. The summed E-state index contributed by atoms with van der Waals surface area (Å²) in [5.41, 5.74) is 0. The van der Waals surface area contributed by atoms with Gasteiger partial charge in [-0.3, -0.25) is 14.4 Å². The fourth-order valence-electron chi connectivity index (χ4n) is 1.07. The molecular formula is C11H20N2O4. The van der Waals surface area contributed by atoms with E-state index in [2.05, 4.69) is 10.1 Å². The normalized spacial score (nSPS) is 9.59. The van der Waals surface area contributed by atoms with Crippen molar-refractivity contribution in [3.8, 4) is 0 Å². The Kier molecular flexibility index (Phi) is 7.75. The van der Waals surface area contributed by atoms with E-state index in [1.54, 1.807) is 21.0 Å². The van der Waals surface area contributed by atoms with Gasteiger partial charge in [0, 0.05) is 33.5 Å². The Labute approximate surface area is 101 Å². The predicted molar refractivity (Wildman–Crippen MR) is 62.2 cm³/mol. The van der Waals surface area contributed by atoms with Crippen LogP contribution in [0.1, 0.15) is 26.2 Å². The first-order valence-corrected chi connectivity index (χ1v) is 5.59. The first-order valence-electron chi connectivity index (χ1n) is 5.59. The fraction of sp³-hybridized carbons (Fsp3) is 0.727. The molecule has 0 rings (SSSR count). The number of nitrogens with zero attached hydrogens (tertiary/aromatic N) is 1. The quantitative estimate of drug-likeness (QED) is 0.636. The van der Waals surface area contributed by atoms with E-state index < -0.39 is 0 Å². The lowest BCUT2D eigenvalue weighted by molar-refractivity contribution is -0.144. The SMILES string of the molecule is CCOC(=O)CCC(=O)NCCC(=O)N(C)C. The molecule has 0 fully saturated rings. The van der Waals surface area contributed by atoms with Gasteiger partial charge in [-0.2, -0.15) is 0 Å². The van der Waals surface area contributed by atoms with Gasteiger partial charge in [-0.1, -0.05) is 0 Å². The Morgan fingerprint density at radius 2 is 1.76 bits per heavy atom. The number of carbonyl (C=O) groups excluding carboxylic acids is 3. The second kappa shape index (κ2) is 8.55. The molecule has 17 heavy (non-hydrogen) atoms. The maximum absolute atomic E-state index is 11.3. The molecule has 0 radical (unpaired) electrons. The molecule has 0 heterocycles. The number of amides is 2. The molecule has 6 nitrogen and oxygen atoms in total. The van der Waals surface area contributed by atoms with Gasteiger partial charge >= 0.3 is 5.97 Å².